The number of hydrogen-bond donors (Lipinski definition) is 2. The van der Waals surface area contributed by atoms with Gasteiger partial charge in [-0.25, -0.2) is 4.98 Å². The Kier molecular flexibility index (Phi) is 4.47. The summed E-state index contributed by atoms with van der Waals surface area (Å²) < 4.78 is 0. The molecule has 0 saturated heterocycles. The van der Waals surface area contributed by atoms with Gasteiger partial charge in [-0.3, -0.25) is 10.1 Å². The summed E-state index contributed by atoms with van der Waals surface area (Å²) in [5, 5.41) is 16.9. The summed E-state index contributed by atoms with van der Waals surface area (Å²) in [6, 6.07) is 2.89. The molecule has 1 aromatic rings. The first-order valence-corrected chi connectivity index (χ1v) is 5.96. The second kappa shape index (κ2) is 5.66. The highest BCUT2D eigenvalue weighted by molar-refractivity contribution is 5.54. The van der Waals surface area contributed by atoms with Gasteiger partial charge >= 0.3 is 0 Å². The number of nitrogens with one attached hydrogen (secondary N) is 2. The first-order valence-electron chi connectivity index (χ1n) is 5.96. The van der Waals surface area contributed by atoms with Gasteiger partial charge in [-0.2, -0.15) is 0 Å². The Morgan fingerprint density at radius 1 is 1.28 bits per heavy atom. The molecule has 0 amide bonds. The number of hydrogen-bond acceptors (Lipinski definition) is 5. The van der Waals surface area contributed by atoms with Gasteiger partial charge in [-0.05, 0) is 12.3 Å². The molecule has 2 N–H and O–H groups in total. The molecule has 6 nitrogen and oxygen atoms in total. The summed E-state index contributed by atoms with van der Waals surface area (Å²) in [5.41, 5.74) is 0.127. The zero-order valence-corrected chi connectivity index (χ0v) is 11.3. The summed E-state index contributed by atoms with van der Waals surface area (Å²) in [4.78, 5) is 14.7. The molecule has 100 valence electrons. The zero-order valence-electron chi connectivity index (χ0n) is 11.3. The molecular formula is C12H20N4O2. The largest absolute Gasteiger partial charge is 0.370 e. The standard InChI is InChI=1S/C12H20N4O2/c1-5-13-10-6-9(16(17)18)7-11(15-10)14-8-12(2,3)4/h6-7H,5,8H2,1-4H3,(H2,13,14,15). The lowest BCUT2D eigenvalue weighted by atomic mass is 9.97. The third-order valence-electron chi connectivity index (χ3n) is 2.18. The summed E-state index contributed by atoms with van der Waals surface area (Å²) in [6.07, 6.45) is 0. The minimum atomic E-state index is -0.412. The Balaban J connectivity index is 2.92. The van der Waals surface area contributed by atoms with E-state index >= 15 is 0 Å². The molecule has 0 aromatic carbocycles. The number of nitro groups is 1. The van der Waals surface area contributed by atoms with Gasteiger partial charge in [0.05, 0.1) is 17.1 Å². The van der Waals surface area contributed by atoms with Crippen molar-refractivity contribution < 1.29 is 4.92 Å². The molecule has 0 aliphatic carbocycles. The Morgan fingerprint density at radius 2 is 1.83 bits per heavy atom. The van der Waals surface area contributed by atoms with Gasteiger partial charge in [-0.1, -0.05) is 20.8 Å². The number of rotatable bonds is 5. The summed E-state index contributed by atoms with van der Waals surface area (Å²) in [5.74, 6) is 1.04. The van der Waals surface area contributed by atoms with E-state index in [2.05, 4.69) is 36.4 Å². The van der Waals surface area contributed by atoms with Crippen molar-refractivity contribution in [2.45, 2.75) is 27.7 Å². The smallest absolute Gasteiger partial charge is 0.276 e. The van der Waals surface area contributed by atoms with Crippen molar-refractivity contribution in [3.05, 3.63) is 22.2 Å². The average molecular weight is 252 g/mol. The molecule has 1 aromatic heterocycles. The number of nitrogens with zero attached hydrogens (tertiary/aromatic N) is 2. The molecule has 0 atom stereocenters. The van der Waals surface area contributed by atoms with Crippen LogP contribution in [0.1, 0.15) is 27.7 Å². The monoisotopic (exact) mass is 252 g/mol. The van der Waals surface area contributed by atoms with E-state index in [1.807, 2.05) is 6.92 Å². The fraction of sp³-hybridized carbons (Fsp3) is 0.583. The van der Waals surface area contributed by atoms with Crippen LogP contribution in [-0.2, 0) is 0 Å². The fourth-order valence-corrected chi connectivity index (χ4v) is 1.34. The lowest BCUT2D eigenvalue weighted by molar-refractivity contribution is -0.384. The second-order valence-electron chi connectivity index (χ2n) is 5.30. The van der Waals surface area contributed by atoms with E-state index < -0.39 is 4.92 Å². The highest BCUT2D eigenvalue weighted by atomic mass is 16.6. The molecule has 6 heteroatoms. The van der Waals surface area contributed by atoms with Gasteiger partial charge in [0.15, 0.2) is 0 Å². The van der Waals surface area contributed by atoms with Crippen LogP contribution in [0.15, 0.2) is 12.1 Å². The predicted octanol–water partition coefficient (Wildman–Crippen LogP) is 2.88. The van der Waals surface area contributed by atoms with Crippen LogP contribution in [-0.4, -0.2) is 23.0 Å². The first kappa shape index (κ1) is 14.2. The van der Waals surface area contributed by atoms with Crippen molar-refractivity contribution >= 4 is 17.3 Å². The van der Waals surface area contributed by atoms with Crippen molar-refractivity contribution in [1.82, 2.24) is 4.98 Å². The maximum absolute atomic E-state index is 10.8. The van der Waals surface area contributed by atoms with Gasteiger partial charge in [0, 0.05) is 13.1 Å². The molecule has 18 heavy (non-hydrogen) atoms. The van der Waals surface area contributed by atoms with E-state index in [0.29, 0.717) is 24.7 Å². The van der Waals surface area contributed by atoms with Gasteiger partial charge in [0.1, 0.15) is 11.6 Å². The summed E-state index contributed by atoms with van der Waals surface area (Å²) >= 11 is 0. The van der Waals surface area contributed by atoms with E-state index in [1.165, 1.54) is 12.1 Å². The maximum atomic E-state index is 10.8. The quantitative estimate of drug-likeness (QED) is 0.622. The van der Waals surface area contributed by atoms with Crippen LogP contribution in [0, 0.1) is 15.5 Å². The van der Waals surface area contributed by atoms with E-state index in [1.54, 1.807) is 0 Å². The molecule has 0 bridgehead atoms. The van der Waals surface area contributed by atoms with Gasteiger partial charge in [0.25, 0.3) is 5.69 Å². The molecule has 0 unspecified atom stereocenters. The number of pyridine rings is 1. The first-order chi connectivity index (χ1) is 8.31. The number of anilines is 2. The Labute approximate surface area is 107 Å². The van der Waals surface area contributed by atoms with Crippen LogP contribution >= 0.6 is 0 Å². The SMILES string of the molecule is CCNc1cc([N+](=O)[O-])cc(NCC(C)(C)C)n1. The van der Waals surface area contributed by atoms with Crippen LogP contribution < -0.4 is 10.6 Å². The van der Waals surface area contributed by atoms with Crippen LogP contribution in [0.5, 0.6) is 0 Å². The average Bonchev–Trinajstić information content (AvgIpc) is 2.25. The van der Waals surface area contributed by atoms with Crippen molar-refractivity contribution in [2.24, 2.45) is 5.41 Å². The normalized spacial score (nSPS) is 11.1. The second-order valence-corrected chi connectivity index (χ2v) is 5.30. The van der Waals surface area contributed by atoms with Crippen LogP contribution in [0.25, 0.3) is 0 Å². The predicted molar refractivity (Wildman–Crippen MR) is 73.0 cm³/mol. The van der Waals surface area contributed by atoms with Gasteiger partial charge in [-0.15, -0.1) is 0 Å². The Morgan fingerprint density at radius 3 is 2.28 bits per heavy atom. The molecule has 1 rings (SSSR count). The third kappa shape index (κ3) is 4.57. The van der Waals surface area contributed by atoms with Crippen molar-refractivity contribution in [3.8, 4) is 0 Å². The van der Waals surface area contributed by atoms with E-state index in [9.17, 15) is 10.1 Å². The topological polar surface area (TPSA) is 80.1 Å². The van der Waals surface area contributed by atoms with Crippen LogP contribution in [0.4, 0.5) is 17.3 Å². The molecule has 0 radical (unpaired) electrons. The maximum Gasteiger partial charge on any atom is 0.276 e. The zero-order chi connectivity index (χ0) is 13.8. The lowest BCUT2D eigenvalue weighted by Crippen LogP contribution is -2.19. The Bertz CT molecular complexity index is 427. The molecule has 0 spiro atoms. The van der Waals surface area contributed by atoms with Crippen molar-refractivity contribution in [2.75, 3.05) is 23.7 Å². The fourth-order valence-electron chi connectivity index (χ4n) is 1.34. The lowest BCUT2D eigenvalue weighted by Gasteiger charge is -2.19. The van der Waals surface area contributed by atoms with Crippen LogP contribution in [0.2, 0.25) is 0 Å². The van der Waals surface area contributed by atoms with E-state index in [4.69, 9.17) is 0 Å². The summed E-state index contributed by atoms with van der Waals surface area (Å²) in [7, 11) is 0. The molecule has 0 aliphatic rings. The highest BCUT2D eigenvalue weighted by Crippen LogP contribution is 2.22. The van der Waals surface area contributed by atoms with Crippen molar-refractivity contribution in [1.29, 1.82) is 0 Å². The minimum Gasteiger partial charge on any atom is -0.370 e. The molecule has 0 fully saturated rings. The molecule has 1 heterocycles. The van der Waals surface area contributed by atoms with E-state index in [0.717, 1.165) is 0 Å². The molecule has 0 saturated carbocycles. The molecule has 0 aliphatic heterocycles. The van der Waals surface area contributed by atoms with Gasteiger partial charge < -0.3 is 10.6 Å². The highest BCUT2D eigenvalue weighted by Gasteiger charge is 2.14. The summed E-state index contributed by atoms with van der Waals surface area (Å²) in [6.45, 7) is 9.55. The minimum absolute atomic E-state index is 0.0392. The van der Waals surface area contributed by atoms with Crippen LogP contribution in [0.3, 0.4) is 0 Å². The number of aromatic nitrogens is 1. The van der Waals surface area contributed by atoms with Crippen molar-refractivity contribution in [3.63, 3.8) is 0 Å². The Hall–Kier alpha value is -1.85. The third-order valence-corrected chi connectivity index (χ3v) is 2.18. The van der Waals surface area contributed by atoms with E-state index in [-0.39, 0.29) is 11.1 Å². The van der Waals surface area contributed by atoms with Gasteiger partial charge in [0.2, 0.25) is 0 Å². The molecular weight excluding hydrogens is 232 g/mol.